The Morgan fingerprint density at radius 1 is 0.850 bits per heavy atom. The first-order valence-corrected chi connectivity index (χ1v) is 6.17. The fourth-order valence-electron chi connectivity index (χ4n) is 2.46. The first-order valence-electron chi connectivity index (χ1n) is 6.17. The number of nitrogens with two attached hydrogens (primary N) is 1. The number of benzene rings is 2. The highest BCUT2D eigenvalue weighted by molar-refractivity contribution is 6.28. The summed E-state index contributed by atoms with van der Waals surface area (Å²) in [6.45, 7) is 0. The maximum Gasteiger partial charge on any atom is 0.221 e. The summed E-state index contributed by atoms with van der Waals surface area (Å²) in [5, 5.41) is 0. The molecule has 3 rings (SSSR count). The van der Waals surface area contributed by atoms with Crippen LogP contribution >= 0.6 is 0 Å². The van der Waals surface area contributed by atoms with Crippen molar-refractivity contribution in [1.29, 1.82) is 0 Å². The molecule has 2 aromatic carbocycles. The predicted octanol–water partition coefficient (Wildman–Crippen LogP) is 1.49. The zero-order chi connectivity index (χ0) is 14.3. The molecule has 0 heterocycles. The Morgan fingerprint density at radius 3 is 2.00 bits per heavy atom. The molecular weight excluding hydrogens is 254 g/mol. The van der Waals surface area contributed by atoms with Crippen molar-refractivity contribution < 1.29 is 14.4 Å². The molecular formula is C16H11NO3. The van der Waals surface area contributed by atoms with E-state index in [-0.39, 0.29) is 18.0 Å². The molecule has 2 aromatic rings. The number of fused-ring (bicyclic) bond motifs is 2. The number of hydrogen-bond donors (Lipinski definition) is 1. The van der Waals surface area contributed by atoms with Gasteiger partial charge in [0.1, 0.15) is 0 Å². The monoisotopic (exact) mass is 265 g/mol. The average Bonchev–Trinajstić information content (AvgIpc) is 2.44. The second kappa shape index (κ2) is 4.42. The molecule has 0 bridgehead atoms. The van der Waals surface area contributed by atoms with E-state index >= 15 is 0 Å². The largest absolute Gasteiger partial charge is 0.369 e. The maximum atomic E-state index is 12.4. The Bertz CT molecular complexity index is 762. The molecule has 4 nitrogen and oxygen atoms in total. The average molecular weight is 265 g/mol. The van der Waals surface area contributed by atoms with Gasteiger partial charge in [0.05, 0.1) is 6.42 Å². The van der Waals surface area contributed by atoms with Crippen molar-refractivity contribution in [1.82, 2.24) is 0 Å². The first kappa shape index (κ1) is 12.3. The third-order valence-electron chi connectivity index (χ3n) is 3.37. The van der Waals surface area contributed by atoms with Gasteiger partial charge in [0, 0.05) is 22.3 Å². The molecule has 0 saturated carbocycles. The lowest BCUT2D eigenvalue weighted by Crippen LogP contribution is -2.21. The summed E-state index contributed by atoms with van der Waals surface area (Å²) >= 11 is 0. The van der Waals surface area contributed by atoms with Crippen LogP contribution in [0.5, 0.6) is 0 Å². The predicted molar refractivity (Wildman–Crippen MR) is 72.6 cm³/mol. The van der Waals surface area contributed by atoms with E-state index in [0.29, 0.717) is 27.8 Å². The molecule has 98 valence electrons. The van der Waals surface area contributed by atoms with Gasteiger partial charge in [-0.3, -0.25) is 14.4 Å². The van der Waals surface area contributed by atoms with Gasteiger partial charge in [0.25, 0.3) is 0 Å². The number of carbonyl (C=O) groups excluding carboxylic acids is 3. The molecule has 0 aliphatic heterocycles. The van der Waals surface area contributed by atoms with Gasteiger partial charge < -0.3 is 5.73 Å². The highest BCUT2D eigenvalue weighted by Crippen LogP contribution is 2.27. The van der Waals surface area contributed by atoms with Crippen LogP contribution in [0, 0.1) is 0 Å². The van der Waals surface area contributed by atoms with Crippen molar-refractivity contribution >= 4 is 17.5 Å². The number of ketones is 2. The summed E-state index contributed by atoms with van der Waals surface area (Å²) in [5.74, 6) is -0.831. The topological polar surface area (TPSA) is 77.2 Å². The molecule has 0 radical (unpaired) electrons. The van der Waals surface area contributed by atoms with E-state index in [2.05, 4.69) is 0 Å². The number of hydrogen-bond acceptors (Lipinski definition) is 3. The minimum absolute atomic E-state index is 0.0520. The van der Waals surface area contributed by atoms with Gasteiger partial charge >= 0.3 is 0 Å². The summed E-state index contributed by atoms with van der Waals surface area (Å²) in [6, 6.07) is 11.6. The number of carbonyl (C=O) groups is 3. The third-order valence-corrected chi connectivity index (χ3v) is 3.37. The lowest BCUT2D eigenvalue weighted by Gasteiger charge is -2.17. The Kier molecular flexibility index (Phi) is 2.71. The molecule has 0 saturated heterocycles. The fourth-order valence-corrected chi connectivity index (χ4v) is 2.46. The van der Waals surface area contributed by atoms with Gasteiger partial charge in [-0.2, -0.15) is 0 Å². The summed E-state index contributed by atoms with van der Waals surface area (Å²) in [7, 11) is 0. The van der Waals surface area contributed by atoms with Crippen LogP contribution in [0.3, 0.4) is 0 Å². The van der Waals surface area contributed by atoms with E-state index in [1.165, 1.54) is 0 Å². The third kappa shape index (κ3) is 1.82. The van der Waals surface area contributed by atoms with Gasteiger partial charge in [-0.15, -0.1) is 0 Å². The van der Waals surface area contributed by atoms with E-state index in [0.717, 1.165) is 0 Å². The molecule has 2 N–H and O–H groups in total. The van der Waals surface area contributed by atoms with Crippen molar-refractivity contribution in [2.75, 3.05) is 0 Å². The minimum atomic E-state index is -0.472. The summed E-state index contributed by atoms with van der Waals surface area (Å²) < 4.78 is 0. The first-order chi connectivity index (χ1) is 9.58. The van der Waals surface area contributed by atoms with Crippen LogP contribution in [-0.2, 0) is 11.2 Å². The molecule has 0 aromatic heterocycles. The SMILES string of the molecule is NC(=O)Cc1ccc2c(c1)C(=O)c1ccccc1C2=O. The number of rotatable bonds is 2. The van der Waals surface area contributed by atoms with E-state index in [1.807, 2.05) is 0 Å². The molecule has 0 fully saturated rings. The molecule has 0 spiro atoms. The lowest BCUT2D eigenvalue weighted by molar-refractivity contribution is -0.117. The number of primary amides is 1. The Balaban J connectivity index is 2.16. The standard InChI is InChI=1S/C16H11NO3/c17-14(18)8-9-5-6-12-13(7-9)16(20)11-4-2-1-3-10(11)15(12)19/h1-7H,8H2,(H2,17,18). The van der Waals surface area contributed by atoms with E-state index in [4.69, 9.17) is 5.73 Å². The van der Waals surface area contributed by atoms with Gasteiger partial charge in [-0.1, -0.05) is 36.4 Å². The zero-order valence-corrected chi connectivity index (χ0v) is 10.6. The Hall–Kier alpha value is -2.75. The fraction of sp³-hybridized carbons (Fsp3) is 0.0625. The van der Waals surface area contributed by atoms with Crippen LogP contribution in [0.1, 0.15) is 37.4 Å². The molecule has 1 aliphatic rings. The van der Waals surface area contributed by atoms with E-state index in [9.17, 15) is 14.4 Å². The van der Waals surface area contributed by atoms with Crippen LogP contribution in [0.25, 0.3) is 0 Å². The molecule has 0 unspecified atom stereocenters. The smallest absolute Gasteiger partial charge is 0.221 e. The van der Waals surface area contributed by atoms with Crippen molar-refractivity contribution in [3.8, 4) is 0 Å². The molecule has 1 amide bonds. The lowest BCUT2D eigenvalue weighted by atomic mass is 9.83. The van der Waals surface area contributed by atoms with Crippen LogP contribution in [-0.4, -0.2) is 17.5 Å². The summed E-state index contributed by atoms with van der Waals surface area (Å²) in [4.78, 5) is 35.7. The quantitative estimate of drug-likeness (QED) is 0.762. The molecule has 1 aliphatic carbocycles. The van der Waals surface area contributed by atoms with Crippen molar-refractivity contribution in [2.45, 2.75) is 6.42 Å². The minimum Gasteiger partial charge on any atom is -0.369 e. The normalized spacial score (nSPS) is 12.8. The molecule has 0 atom stereocenters. The van der Waals surface area contributed by atoms with Crippen LogP contribution in [0.15, 0.2) is 42.5 Å². The van der Waals surface area contributed by atoms with Crippen LogP contribution in [0.2, 0.25) is 0 Å². The second-order valence-corrected chi connectivity index (χ2v) is 4.73. The second-order valence-electron chi connectivity index (χ2n) is 4.73. The van der Waals surface area contributed by atoms with Gasteiger partial charge in [0.2, 0.25) is 5.91 Å². The molecule has 4 heteroatoms. The van der Waals surface area contributed by atoms with Gasteiger partial charge in [0.15, 0.2) is 11.6 Å². The van der Waals surface area contributed by atoms with Crippen molar-refractivity contribution in [3.63, 3.8) is 0 Å². The van der Waals surface area contributed by atoms with Crippen LogP contribution < -0.4 is 5.73 Å². The van der Waals surface area contributed by atoms with Crippen molar-refractivity contribution in [3.05, 3.63) is 70.3 Å². The van der Waals surface area contributed by atoms with Gasteiger partial charge in [-0.25, -0.2) is 0 Å². The van der Waals surface area contributed by atoms with E-state index in [1.54, 1.807) is 42.5 Å². The summed E-state index contributed by atoms with van der Waals surface area (Å²) in [6.07, 6.45) is 0.0520. The van der Waals surface area contributed by atoms with Crippen LogP contribution in [0.4, 0.5) is 0 Å². The maximum absolute atomic E-state index is 12.4. The highest BCUT2D eigenvalue weighted by Gasteiger charge is 2.29. The Morgan fingerprint density at radius 2 is 1.40 bits per heavy atom. The Labute approximate surface area is 115 Å². The highest BCUT2D eigenvalue weighted by atomic mass is 16.1. The van der Waals surface area contributed by atoms with E-state index < -0.39 is 5.91 Å². The van der Waals surface area contributed by atoms with Gasteiger partial charge in [-0.05, 0) is 11.6 Å². The van der Waals surface area contributed by atoms with Crippen molar-refractivity contribution in [2.24, 2.45) is 5.73 Å². The summed E-state index contributed by atoms with van der Waals surface area (Å²) in [5.41, 5.74) is 7.33. The number of amides is 1. The zero-order valence-electron chi connectivity index (χ0n) is 10.6. The molecule has 20 heavy (non-hydrogen) atoms.